The lowest BCUT2D eigenvalue weighted by molar-refractivity contribution is -0.135. The summed E-state index contributed by atoms with van der Waals surface area (Å²) in [7, 11) is 2.86. The summed E-state index contributed by atoms with van der Waals surface area (Å²) in [5.41, 5.74) is -0.376. The molecule has 7 heteroatoms. The van der Waals surface area contributed by atoms with Crippen molar-refractivity contribution in [3.63, 3.8) is 0 Å². The summed E-state index contributed by atoms with van der Waals surface area (Å²) in [4.78, 5) is 38.3. The van der Waals surface area contributed by atoms with Crippen molar-refractivity contribution in [1.29, 1.82) is 0 Å². The molecule has 0 saturated carbocycles. The minimum atomic E-state index is -1.45. The molecule has 0 aliphatic carbocycles. The zero-order chi connectivity index (χ0) is 13.8. The third-order valence-electron chi connectivity index (χ3n) is 3.57. The van der Waals surface area contributed by atoms with E-state index >= 15 is 0 Å². The van der Waals surface area contributed by atoms with Crippen LogP contribution >= 0.6 is 0 Å². The van der Waals surface area contributed by atoms with Crippen molar-refractivity contribution < 1.29 is 14.4 Å². The van der Waals surface area contributed by atoms with E-state index in [4.69, 9.17) is 0 Å². The average Bonchev–Trinajstić information content (AvgIpc) is 2.62. The fourth-order valence-corrected chi connectivity index (χ4v) is 2.48. The number of carbonyl (C=O) groups is 3. The van der Waals surface area contributed by atoms with E-state index in [0.717, 1.165) is 4.90 Å². The number of carbonyl (C=O) groups excluding carboxylic acids is 3. The third-order valence-corrected chi connectivity index (χ3v) is 3.57. The van der Waals surface area contributed by atoms with E-state index in [1.54, 1.807) is 24.3 Å². The van der Waals surface area contributed by atoms with Crippen LogP contribution in [0.15, 0.2) is 24.3 Å². The molecule has 1 aromatic carbocycles. The van der Waals surface area contributed by atoms with Gasteiger partial charge in [0.25, 0.3) is 5.91 Å². The van der Waals surface area contributed by atoms with Crippen LogP contribution in [0.2, 0.25) is 0 Å². The van der Waals surface area contributed by atoms with Gasteiger partial charge in [-0.1, -0.05) is 18.2 Å². The normalized spacial score (nSPS) is 25.5. The molecule has 1 atom stereocenters. The van der Waals surface area contributed by atoms with E-state index in [2.05, 4.69) is 10.6 Å². The van der Waals surface area contributed by atoms with Crippen LogP contribution in [0.1, 0.15) is 5.56 Å². The highest BCUT2D eigenvalue weighted by molar-refractivity contribution is 6.11. The van der Waals surface area contributed by atoms with Crippen molar-refractivity contribution in [2.24, 2.45) is 0 Å². The molecule has 1 spiro atoms. The molecule has 1 unspecified atom stereocenters. The second-order valence-corrected chi connectivity index (χ2v) is 4.54. The second kappa shape index (κ2) is 3.47. The Morgan fingerprint density at radius 2 is 1.74 bits per heavy atom. The van der Waals surface area contributed by atoms with Crippen LogP contribution in [0.25, 0.3) is 0 Å². The molecule has 3 rings (SSSR count). The van der Waals surface area contributed by atoms with Gasteiger partial charge in [0.1, 0.15) is 0 Å². The van der Waals surface area contributed by atoms with Gasteiger partial charge in [-0.25, -0.2) is 9.59 Å². The van der Waals surface area contributed by atoms with Gasteiger partial charge in [-0.15, -0.1) is 0 Å². The van der Waals surface area contributed by atoms with Crippen molar-refractivity contribution in [3.8, 4) is 0 Å². The predicted octanol–water partition coefficient (Wildman–Crippen LogP) is 0.498. The lowest BCUT2D eigenvalue weighted by Crippen LogP contribution is -2.62. The van der Waals surface area contributed by atoms with Gasteiger partial charge in [0.2, 0.25) is 5.66 Å². The number of fused-ring (bicyclic) bond motifs is 2. The van der Waals surface area contributed by atoms with Crippen molar-refractivity contribution in [1.82, 2.24) is 15.1 Å². The zero-order valence-electron chi connectivity index (χ0n) is 10.4. The molecule has 0 aromatic heterocycles. The van der Waals surface area contributed by atoms with Gasteiger partial charge in [0, 0.05) is 19.7 Å². The summed E-state index contributed by atoms with van der Waals surface area (Å²) >= 11 is 0. The van der Waals surface area contributed by atoms with Gasteiger partial charge in [0.05, 0.1) is 5.69 Å². The first-order valence-electron chi connectivity index (χ1n) is 5.73. The summed E-state index contributed by atoms with van der Waals surface area (Å²) in [5, 5.41) is 5.28. The lowest BCUT2D eigenvalue weighted by Gasteiger charge is -2.40. The molecular weight excluding hydrogens is 248 g/mol. The molecule has 1 saturated heterocycles. The monoisotopic (exact) mass is 260 g/mol. The molecule has 2 heterocycles. The number of para-hydroxylation sites is 1. The van der Waals surface area contributed by atoms with Gasteiger partial charge in [-0.3, -0.25) is 14.6 Å². The number of amides is 5. The molecular formula is C12H12N4O3. The first-order chi connectivity index (χ1) is 8.98. The molecule has 2 aliphatic rings. The van der Waals surface area contributed by atoms with Crippen LogP contribution in [0.4, 0.5) is 15.3 Å². The van der Waals surface area contributed by atoms with Crippen LogP contribution < -0.4 is 10.6 Å². The molecule has 1 aromatic rings. The Labute approximate surface area is 109 Å². The first-order valence-corrected chi connectivity index (χ1v) is 5.73. The molecule has 2 N–H and O–H groups in total. The van der Waals surface area contributed by atoms with Crippen molar-refractivity contribution in [3.05, 3.63) is 29.8 Å². The quantitative estimate of drug-likeness (QED) is 0.666. The maximum atomic E-state index is 12.4. The SMILES string of the molecule is CN1C(=O)NC2(C1=O)c1ccccc1NC(=O)N2C. The summed E-state index contributed by atoms with van der Waals surface area (Å²) in [6.45, 7) is 0. The van der Waals surface area contributed by atoms with Crippen LogP contribution in [-0.4, -0.2) is 41.9 Å². The first kappa shape index (κ1) is 11.5. The molecule has 5 amide bonds. The Hall–Kier alpha value is -2.57. The Bertz CT molecular complexity index is 615. The minimum absolute atomic E-state index is 0.442. The smallest absolute Gasteiger partial charge is 0.307 e. The van der Waals surface area contributed by atoms with E-state index in [9.17, 15) is 14.4 Å². The van der Waals surface area contributed by atoms with Crippen LogP contribution in [0.5, 0.6) is 0 Å². The average molecular weight is 260 g/mol. The number of anilines is 1. The molecule has 0 bridgehead atoms. The van der Waals surface area contributed by atoms with Crippen molar-refractivity contribution in [2.75, 3.05) is 19.4 Å². The molecule has 19 heavy (non-hydrogen) atoms. The number of imide groups is 1. The third kappa shape index (κ3) is 1.24. The van der Waals surface area contributed by atoms with E-state index < -0.39 is 23.6 Å². The number of hydrogen-bond acceptors (Lipinski definition) is 3. The van der Waals surface area contributed by atoms with Crippen molar-refractivity contribution in [2.45, 2.75) is 5.66 Å². The van der Waals surface area contributed by atoms with Gasteiger partial charge in [0.15, 0.2) is 0 Å². The van der Waals surface area contributed by atoms with E-state index in [1.807, 2.05) is 0 Å². The lowest BCUT2D eigenvalue weighted by atomic mass is 9.94. The highest BCUT2D eigenvalue weighted by Gasteiger charge is 2.58. The summed E-state index contributed by atoms with van der Waals surface area (Å²) in [5.74, 6) is -0.470. The summed E-state index contributed by atoms with van der Waals surface area (Å²) < 4.78 is 0. The fraction of sp³-hybridized carbons (Fsp3) is 0.250. The molecule has 98 valence electrons. The van der Waals surface area contributed by atoms with Gasteiger partial charge >= 0.3 is 12.1 Å². The highest BCUT2D eigenvalue weighted by Crippen LogP contribution is 2.39. The Kier molecular flexibility index (Phi) is 2.10. The Morgan fingerprint density at radius 3 is 2.37 bits per heavy atom. The predicted molar refractivity (Wildman–Crippen MR) is 66.2 cm³/mol. The molecule has 1 fully saturated rings. The maximum Gasteiger partial charge on any atom is 0.326 e. The van der Waals surface area contributed by atoms with E-state index in [0.29, 0.717) is 11.3 Å². The highest BCUT2D eigenvalue weighted by atomic mass is 16.2. The fourth-order valence-electron chi connectivity index (χ4n) is 2.48. The number of benzene rings is 1. The van der Waals surface area contributed by atoms with Gasteiger partial charge < -0.3 is 10.6 Å². The summed E-state index contributed by atoms with van der Waals surface area (Å²) in [6.07, 6.45) is 0. The number of nitrogens with zero attached hydrogens (tertiary/aromatic N) is 2. The minimum Gasteiger partial charge on any atom is -0.307 e. The molecule has 0 radical (unpaired) electrons. The topological polar surface area (TPSA) is 81.8 Å². The van der Waals surface area contributed by atoms with Gasteiger partial charge in [-0.2, -0.15) is 0 Å². The zero-order valence-corrected chi connectivity index (χ0v) is 10.4. The standard InChI is InChI=1S/C12H12N4O3/c1-15-9(17)12(14-11(15)19)7-5-3-4-6-8(7)13-10(18)16(12)2/h3-6H,1-2H3,(H,13,18)(H,14,19). The number of nitrogens with one attached hydrogen (secondary N) is 2. The van der Waals surface area contributed by atoms with E-state index in [1.165, 1.54) is 19.0 Å². The van der Waals surface area contributed by atoms with E-state index in [-0.39, 0.29) is 0 Å². The van der Waals surface area contributed by atoms with Gasteiger partial charge in [-0.05, 0) is 6.07 Å². The van der Waals surface area contributed by atoms with Crippen LogP contribution in [0.3, 0.4) is 0 Å². The largest absolute Gasteiger partial charge is 0.326 e. The number of likely N-dealkylation sites (N-methyl/N-ethyl adjacent to an activating group) is 2. The Morgan fingerprint density at radius 1 is 1.05 bits per heavy atom. The number of rotatable bonds is 0. The number of urea groups is 2. The Balaban J connectivity index is 2.27. The summed E-state index contributed by atoms with van der Waals surface area (Å²) in [6, 6.07) is 5.94. The van der Waals surface area contributed by atoms with Crippen LogP contribution in [-0.2, 0) is 10.5 Å². The van der Waals surface area contributed by atoms with Crippen LogP contribution in [0, 0.1) is 0 Å². The molecule has 2 aliphatic heterocycles. The maximum absolute atomic E-state index is 12.4. The number of hydrogen-bond donors (Lipinski definition) is 2. The second-order valence-electron chi connectivity index (χ2n) is 4.54. The van der Waals surface area contributed by atoms with Crippen molar-refractivity contribution >= 4 is 23.7 Å². The molecule has 7 nitrogen and oxygen atoms in total.